The van der Waals surface area contributed by atoms with Gasteiger partial charge >= 0.3 is 0 Å². The molecule has 0 amide bonds. The molecule has 2 heterocycles. The third-order valence-corrected chi connectivity index (χ3v) is 4.65. The van der Waals surface area contributed by atoms with Crippen molar-refractivity contribution in [2.24, 2.45) is 5.92 Å². The van der Waals surface area contributed by atoms with Gasteiger partial charge < -0.3 is 14.6 Å². The van der Waals surface area contributed by atoms with Gasteiger partial charge in [0, 0.05) is 17.7 Å². The molecular formula is C22H22ClNO3. The molecule has 140 valence electrons. The van der Waals surface area contributed by atoms with E-state index in [0.29, 0.717) is 19.0 Å². The second kappa shape index (κ2) is 8.89. The highest BCUT2D eigenvalue weighted by Gasteiger charge is 2.30. The largest absolute Gasteiger partial charge is 0.493 e. The summed E-state index contributed by atoms with van der Waals surface area (Å²) in [6.07, 6.45) is 1.95. The van der Waals surface area contributed by atoms with Crippen molar-refractivity contribution in [2.45, 2.75) is 19.1 Å². The zero-order valence-electron chi connectivity index (χ0n) is 14.8. The number of rotatable bonds is 5. The van der Waals surface area contributed by atoms with Crippen LogP contribution >= 0.6 is 12.4 Å². The number of benzene rings is 2. The summed E-state index contributed by atoms with van der Waals surface area (Å²) in [5.41, 5.74) is 2.85. The second-order valence-electron chi connectivity index (χ2n) is 6.52. The summed E-state index contributed by atoms with van der Waals surface area (Å²) in [4.78, 5) is 4.26. The molecule has 27 heavy (non-hydrogen) atoms. The minimum Gasteiger partial charge on any atom is -0.493 e. The molecule has 1 aliphatic heterocycles. The number of hydrogen-bond acceptors (Lipinski definition) is 4. The maximum atomic E-state index is 10.8. The number of pyridine rings is 1. The Hall–Kier alpha value is -2.56. The van der Waals surface area contributed by atoms with Crippen LogP contribution in [0.25, 0.3) is 0 Å². The van der Waals surface area contributed by atoms with Gasteiger partial charge in [-0.2, -0.15) is 0 Å². The summed E-state index contributed by atoms with van der Waals surface area (Å²) in [7, 11) is 0. The van der Waals surface area contributed by atoms with E-state index < -0.39 is 6.10 Å². The number of ether oxygens (including phenoxy) is 2. The molecule has 4 nitrogen and oxygen atoms in total. The van der Waals surface area contributed by atoms with Crippen molar-refractivity contribution >= 4 is 12.4 Å². The fourth-order valence-corrected chi connectivity index (χ4v) is 3.25. The molecule has 1 N–H and O–H groups in total. The molecular weight excluding hydrogens is 362 g/mol. The minimum atomic E-state index is -0.572. The number of hydrogen-bond donors (Lipinski definition) is 1. The molecule has 0 radical (unpaired) electrons. The van der Waals surface area contributed by atoms with Crippen molar-refractivity contribution in [1.29, 1.82) is 0 Å². The van der Waals surface area contributed by atoms with Crippen LogP contribution in [0, 0.1) is 5.92 Å². The quantitative estimate of drug-likeness (QED) is 0.710. The van der Waals surface area contributed by atoms with Crippen LogP contribution in [0.1, 0.15) is 22.9 Å². The lowest BCUT2D eigenvalue weighted by molar-refractivity contribution is 0.0504. The number of aromatic nitrogens is 1. The Balaban J connectivity index is 0.00000210. The van der Waals surface area contributed by atoms with E-state index in [1.54, 1.807) is 6.20 Å². The van der Waals surface area contributed by atoms with Gasteiger partial charge in [-0.15, -0.1) is 12.4 Å². The third-order valence-electron chi connectivity index (χ3n) is 4.65. The second-order valence-corrected chi connectivity index (χ2v) is 6.52. The summed E-state index contributed by atoms with van der Waals surface area (Å²) >= 11 is 0. The maximum absolute atomic E-state index is 10.8. The number of halogens is 1. The first-order valence-electron chi connectivity index (χ1n) is 8.81. The van der Waals surface area contributed by atoms with E-state index in [1.165, 1.54) is 5.56 Å². The molecule has 0 bridgehead atoms. The van der Waals surface area contributed by atoms with Crippen LogP contribution in [0.15, 0.2) is 72.9 Å². The van der Waals surface area contributed by atoms with E-state index in [2.05, 4.69) is 17.1 Å². The SMILES string of the molecule is Cl.O[C@@H]1c2cc(OCc3ccccn3)ccc2OC[C@H]1Cc1ccccc1. The van der Waals surface area contributed by atoms with Gasteiger partial charge in [-0.3, -0.25) is 4.98 Å². The lowest BCUT2D eigenvalue weighted by Crippen LogP contribution is -2.27. The molecule has 0 saturated carbocycles. The van der Waals surface area contributed by atoms with Gasteiger partial charge in [0.2, 0.25) is 0 Å². The van der Waals surface area contributed by atoms with Crippen molar-refractivity contribution in [3.05, 3.63) is 89.7 Å². The first-order valence-corrected chi connectivity index (χ1v) is 8.81. The Bertz CT molecular complexity index is 858. The molecule has 5 heteroatoms. The van der Waals surface area contributed by atoms with Crippen LogP contribution < -0.4 is 9.47 Å². The van der Waals surface area contributed by atoms with Crippen molar-refractivity contribution < 1.29 is 14.6 Å². The first-order chi connectivity index (χ1) is 12.8. The maximum Gasteiger partial charge on any atom is 0.130 e. The third kappa shape index (κ3) is 4.59. The van der Waals surface area contributed by atoms with E-state index >= 15 is 0 Å². The molecule has 1 aliphatic rings. The molecule has 0 fully saturated rings. The molecule has 3 aromatic rings. The zero-order valence-corrected chi connectivity index (χ0v) is 15.6. The Morgan fingerprint density at radius 2 is 1.85 bits per heavy atom. The average molecular weight is 384 g/mol. The fraction of sp³-hybridized carbons (Fsp3) is 0.227. The summed E-state index contributed by atoms with van der Waals surface area (Å²) in [5.74, 6) is 1.46. The molecule has 0 aliphatic carbocycles. The van der Waals surface area contributed by atoms with E-state index in [0.717, 1.165) is 23.4 Å². The molecule has 2 atom stereocenters. The zero-order chi connectivity index (χ0) is 17.8. The van der Waals surface area contributed by atoms with Crippen LogP contribution in [-0.4, -0.2) is 16.7 Å². The normalized spacial score (nSPS) is 18.0. The van der Waals surface area contributed by atoms with Crippen LogP contribution in [0.5, 0.6) is 11.5 Å². The number of fused-ring (bicyclic) bond motifs is 1. The molecule has 1 aromatic heterocycles. The fourth-order valence-electron chi connectivity index (χ4n) is 3.25. The van der Waals surface area contributed by atoms with Crippen molar-refractivity contribution in [2.75, 3.05) is 6.61 Å². The minimum absolute atomic E-state index is 0. The highest BCUT2D eigenvalue weighted by Crippen LogP contribution is 2.39. The predicted octanol–water partition coefficient (Wildman–Crippen LogP) is 4.37. The monoisotopic (exact) mass is 383 g/mol. The summed E-state index contributed by atoms with van der Waals surface area (Å²) in [6, 6.07) is 21.5. The van der Waals surface area contributed by atoms with Crippen molar-refractivity contribution in [3.63, 3.8) is 0 Å². The van der Waals surface area contributed by atoms with E-state index in [1.807, 2.05) is 54.6 Å². The number of aliphatic hydroxyl groups is 1. The van der Waals surface area contributed by atoms with Gasteiger partial charge in [0.1, 0.15) is 18.1 Å². The van der Waals surface area contributed by atoms with Crippen LogP contribution in [0.3, 0.4) is 0 Å². The molecule has 0 unspecified atom stereocenters. The molecule has 0 spiro atoms. The van der Waals surface area contributed by atoms with Crippen LogP contribution in [0.4, 0.5) is 0 Å². The summed E-state index contributed by atoms with van der Waals surface area (Å²) < 4.78 is 11.7. The van der Waals surface area contributed by atoms with Gasteiger partial charge in [-0.1, -0.05) is 36.4 Å². The van der Waals surface area contributed by atoms with Crippen molar-refractivity contribution in [3.8, 4) is 11.5 Å². The van der Waals surface area contributed by atoms with Crippen LogP contribution in [0.2, 0.25) is 0 Å². The van der Waals surface area contributed by atoms with E-state index in [9.17, 15) is 5.11 Å². The smallest absolute Gasteiger partial charge is 0.130 e. The van der Waals surface area contributed by atoms with Gasteiger partial charge in [0.15, 0.2) is 0 Å². The number of aliphatic hydroxyl groups excluding tert-OH is 1. The number of nitrogens with zero attached hydrogens (tertiary/aromatic N) is 1. The standard InChI is InChI=1S/C22H21NO3.ClH/c24-22-17(12-16-6-2-1-3-7-16)14-26-21-10-9-19(13-20(21)22)25-15-18-8-4-5-11-23-18;/h1-11,13,17,22,24H,12,14-15H2;1H/t17-,22+;/m1./s1. The van der Waals surface area contributed by atoms with Gasteiger partial charge in [-0.05, 0) is 42.3 Å². The lowest BCUT2D eigenvalue weighted by Gasteiger charge is -2.30. The molecule has 2 aromatic carbocycles. The Morgan fingerprint density at radius 1 is 1.04 bits per heavy atom. The highest BCUT2D eigenvalue weighted by molar-refractivity contribution is 5.85. The molecule has 4 rings (SSSR count). The van der Waals surface area contributed by atoms with Gasteiger partial charge in [0.05, 0.1) is 18.4 Å². The first kappa shape index (κ1) is 19.2. The highest BCUT2D eigenvalue weighted by atomic mass is 35.5. The van der Waals surface area contributed by atoms with Gasteiger partial charge in [0.25, 0.3) is 0 Å². The average Bonchev–Trinajstić information content (AvgIpc) is 2.70. The Morgan fingerprint density at radius 3 is 2.63 bits per heavy atom. The van der Waals surface area contributed by atoms with Crippen LogP contribution in [-0.2, 0) is 13.0 Å². The van der Waals surface area contributed by atoms with Gasteiger partial charge in [-0.25, -0.2) is 0 Å². The Labute approximate surface area is 165 Å². The summed E-state index contributed by atoms with van der Waals surface area (Å²) in [5, 5.41) is 10.8. The summed E-state index contributed by atoms with van der Waals surface area (Å²) in [6.45, 7) is 0.904. The van der Waals surface area contributed by atoms with Crippen molar-refractivity contribution in [1.82, 2.24) is 4.98 Å². The predicted molar refractivity (Wildman–Crippen MR) is 106 cm³/mol. The molecule has 0 saturated heterocycles. The van der Waals surface area contributed by atoms with E-state index in [-0.39, 0.29) is 18.3 Å². The lowest BCUT2D eigenvalue weighted by atomic mass is 9.88. The van der Waals surface area contributed by atoms with E-state index in [4.69, 9.17) is 9.47 Å². The Kier molecular flexibility index (Phi) is 6.32. The topological polar surface area (TPSA) is 51.6 Å².